The van der Waals surface area contributed by atoms with E-state index in [1.54, 1.807) is 55.5 Å². The van der Waals surface area contributed by atoms with Crippen molar-refractivity contribution in [3.63, 3.8) is 0 Å². The Morgan fingerprint density at radius 1 is 1.04 bits per heavy atom. The number of carbonyl (C=O) groups excluding carboxylic acids is 4. The number of aldehydes is 1. The molecule has 1 aliphatic heterocycles. The zero-order valence-electron chi connectivity index (χ0n) is 14.2. The Morgan fingerprint density at radius 3 is 2.12 bits per heavy atom. The van der Waals surface area contributed by atoms with Gasteiger partial charge in [-0.1, -0.05) is 36.4 Å². The predicted molar refractivity (Wildman–Crippen MR) is 92.9 cm³/mol. The van der Waals surface area contributed by atoms with E-state index in [2.05, 4.69) is 0 Å². The fourth-order valence-electron chi connectivity index (χ4n) is 2.96. The number of esters is 1. The van der Waals surface area contributed by atoms with Crippen LogP contribution in [0.2, 0.25) is 0 Å². The van der Waals surface area contributed by atoms with E-state index >= 15 is 0 Å². The van der Waals surface area contributed by atoms with Crippen LogP contribution >= 0.6 is 0 Å². The van der Waals surface area contributed by atoms with Crippen LogP contribution in [0.3, 0.4) is 0 Å². The summed E-state index contributed by atoms with van der Waals surface area (Å²) in [6, 6.07) is 12.0. The van der Waals surface area contributed by atoms with Crippen LogP contribution in [-0.4, -0.2) is 41.6 Å². The Morgan fingerprint density at radius 2 is 1.62 bits per heavy atom. The van der Waals surface area contributed by atoms with Gasteiger partial charge in [0, 0.05) is 12.0 Å². The molecule has 0 saturated heterocycles. The number of imide groups is 1. The van der Waals surface area contributed by atoms with Crippen molar-refractivity contribution in [1.29, 1.82) is 0 Å². The van der Waals surface area contributed by atoms with E-state index in [1.165, 1.54) is 0 Å². The SMILES string of the molecule is CCOC(=O)C(Cc1ccc(C=O)cc1)N1C(=O)c2ccccc2C1=O. The summed E-state index contributed by atoms with van der Waals surface area (Å²) < 4.78 is 5.09. The highest BCUT2D eigenvalue weighted by atomic mass is 16.5. The zero-order valence-corrected chi connectivity index (χ0v) is 14.2. The molecular weight excluding hydrogens is 334 g/mol. The van der Waals surface area contributed by atoms with Crippen LogP contribution in [0.15, 0.2) is 48.5 Å². The summed E-state index contributed by atoms with van der Waals surface area (Å²) in [5.74, 6) is -1.65. The van der Waals surface area contributed by atoms with Crippen molar-refractivity contribution in [3.05, 3.63) is 70.8 Å². The smallest absolute Gasteiger partial charge is 0.329 e. The Kier molecular flexibility index (Phi) is 4.93. The van der Waals surface area contributed by atoms with Crippen LogP contribution in [-0.2, 0) is 16.0 Å². The van der Waals surface area contributed by atoms with Gasteiger partial charge in [-0.05, 0) is 24.6 Å². The number of nitrogens with zero attached hydrogens (tertiary/aromatic N) is 1. The van der Waals surface area contributed by atoms with E-state index in [0.29, 0.717) is 11.1 Å². The van der Waals surface area contributed by atoms with Crippen molar-refractivity contribution in [2.24, 2.45) is 0 Å². The molecule has 3 rings (SSSR count). The molecule has 0 aromatic heterocycles. The number of carbonyl (C=O) groups is 4. The van der Waals surface area contributed by atoms with Gasteiger partial charge in [-0.25, -0.2) is 4.79 Å². The molecule has 6 nitrogen and oxygen atoms in total. The Balaban J connectivity index is 1.94. The summed E-state index contributed by atoms with van der Waals surface area (Å²) in [5.41, 5.74) is 1.78. The lowest BCUT2D eigenvalue weighted by Gasteiger charge is -2.24. The van der Waals surface area contributed by atoms with Crippen LogP contribution < -0.4 is 0 Å². The fraction of sp³-hybridized carbons (Fsp3) is 0.200. The molecule has 0 bridgehead atoms. The summed E-state index contributed by atoms with van der Waals surface area (Å²) in [4.78, 5) is 49.6. The molecule has 0 N–H and O–H groups in total. The topological polar surface area (TPSA) is 80.8 Å². The quantitative estimate of drug-likeness (QED) is 0.453. The maximum Gasteiger partial charge on any atom is 0.329 e. The normalized spacial score (nSPS) is 14.1. The minimum Gasteiger partial charge on any atom is -0.464 e. The van der Waals surface area contributed by atoms with Gasteiger partial charge in [-0.3, -0.25) is 19.3 Å². The van der Waals surface area contributed by atoms with Crippen LogP contribution in [0.25, 0.3) is 0 Å². The Hall–Kier alpha value is -3.28. The lowest BCUT2D eigenvalue weighted by atomic mass is 10.0. The minimum absolute atomic E-state index is 0.115. The number of amides is 2. The third-order valence-electron chi connectivity index (χ3n) is 4.24. The first-order valence-electron chi connectivity index (χ1n) is 8.24. The highest BCUT2D eigenvalue weighted by Crippen LogP contribution is 2.26. The first kappa shape index (κ1) is 17.5. The second kappa shape index (κ2) is 7.31. The second-order valence-electron chi connectivity index (χ2n) is 5.86. The molecule has 132 valence electrons. The number of ether oxygens (including phenoxy) is 1. The molecule has 1 aliphatic rings. The van der Waals surface area contributed by atoms with Gasteiger partial charge in [0.2, 0.25) is 0 Å². The van der Waals surface area contributed by atoms with Crippen molar-refractivity contribution in [3.8, 4) is 0 Å². The highest BCUT2D eigenvalue weighted by Gasteiger charge is 2.43. The first-order valence-corrected chi connectivity index (χ1v) is 8.24. The molecule has 1 unspecified atom stereocenters. The largest absolute Gasteiger partial charge is 0.464 e. The molecule has 0 radical (unpaired) electrons. The molecule has 0 saturated carbocycles. The number of rotatable bonds is 6. The van der Waals surface area contributed by atoms with Crippen LogP contribution in [0.1, 0.15) is 43.6 Å². The van der Waals surface area contributed by atoms with Crippen LogP contribution in [0, 0.1) is 0 Å². The van der Waals surface area contributed by atoms with Gasteiger partial charge in [0.25, 0.3) is 11.8 Å². The lowest BCUT2D eigenvalue weighted by molar-refractivity contribution is -0.147. The number of fused-ring (bicyclic) bond motifs is 1. The summed E-state index contributed by atoms with van der Waals surface area (Å²) in [6.45, 7) is 1.80. The average molecular weight is 351 g/mol. The van der Waals surface area contributed by atoms with Crippen LogP contribution in [0.4, 0.5) is 0 Å². The van der Waals surface area contributed by atoms with Gasteiger partial charge >= 0.3 is 5.97 Å². The first-order chi connectivity index (χ1) is 12.6. The monoisotopic (exact) mass is 351 g/mol. The van der Waals surface area contributed by atoms with E-state index in [0.717, 1.165) is 11.2 Å². The molecule has 0 aliphatic carbocycles. The van der Waals surface area contributed by atoms with Gasteiger partial charge in [0.05, 0.1) is 17.7 Å². The standard InChI is InChI=1S/C20H17NO5/c1-2-26-20(25)17(11-13-7-9-14(12-22)10-8-13)21-18(23)15-5-3-4-6-16(15)19(21)24/h3-10,12,17H,2,11H2,1H3. The zero-order chi connectivity index (χ0) is 18.7. The predicted octanol–water partition coefficient (Wildman–Crippen LogP) is 2.27. The summed E-state index contributed by atoms with van der Waals surface area (Å²) >= 11 is 0. The van der Waals surface area contributed by atoms with E-state index in [4.69, 9.17) is 4.74 Å². The van der Waals surface area contributed by atoms with Gasteiger partial charge < -0.3 is 4.74 Å². The van der Waals surface area contributed by atoms with Crippen molar-refractivity contribution >= 4 is 24.1 Å². The average Bonchev–Trinajstić information content (AvgIpc) is 2.92. The third kappa shape index (κ3) is 3.13. The fourth-order valence-corrected chi connectivity index (χ4v) is 2.96. The number of hydrogen-bond acceptors (Lipinski definition) is 5. The highest BCUT2D eigenvalue weighted by molar-refractivity contribution is 6.22. The molecule has 26 heavy (non-hydrogen) atoms. The second-order valence-corrected chi connectivity index (χ2v) is 5.86. The Bertz CT molecular complexity index is 837. The number of hydrogen-bond donors (Lipinski definition) is 0. The number of benzene rings is 2. The van der Waals surface area contributed by atoms with Gasteiger partial charge in [-0.2, -0.15) is 0 Å². The lowest BCUT2D eigenvalue weighted by Crippen LogP contribution is -2.47. The minimum atomic E-state index is -1.07. The molecule has 2 amide bonds. The van der Waals surface area contributed by atoms with Crippen molar-refractivity contribution < 1.29 is 23.9 Å². The van der Waals surface area contributed by atoms with E-state index < -0.39 is 23.8 Å². The molecule has 0 spiro atoms. The molecular formula is C20H17NO5. The molecule has 0 fully saturated rings. The van der Waals surface area contributed by atoms with E-state index in [1.807, 2.05) is 0 Å². The van der Waals surface area contributed by atoms with Gasteiger partial charge in [0.1, 0.15) is 12.3 Å². The van der Waals surface area contributed by atoms with Crippen molar-refractivity contribution in [1.82, 2.24) is 4.90 Å². The van der Waals surface area contributed by atoms with E-state index in [9.17, 15) is 19.2 Å². The van der Waals surface area contributed by atoms with E-state index in [-0.39, 0.29) is 24.2 Å². The molecule has 1 heterocycles. The summed E-state index contributed by atoms with van der Waals surface area (Å²) in [7, 11) is 0. The molecule has 2 aromatic carbocycles. The summed E-state index contributed by atoms with van der Waals surface area (Å²) in [5, 5.41) is 0. The molecule has 1 atom stereocenters. The molecule has 2 aromatic rings. The third-order valence-corrected chi connectivity index (χ3v) is 4.24. The summed E-state index contributed by atoms with van der Waals surface area (Å²) in [6.07, 6.45) is 0.834. The Labute approximate surface area is 150 Å². The molecule has 6 heteroatoms. The van der Waals surface area contributed by atoms with Gasteiger partial charge in [0.15, 0.2) is 0 Å². The van der Waals surface area contributed by atoms with Crippen LogP contribution in [0.5, 0.6) is 0 Å². The van der Waals surface area contributed by atoms with Crippen molar-refractivity contribution in [2.45, 2.75) is 19.4 Å². The van der Waals surface area contributed by atoms with Gasteiger partial charge in [-0.15, -0.1) is 0 Å². The maximum atomic E-state index is 12.7. The van der Waals surface area contributed by atoms with Crippen molar-refractivity contribution in [2.75, 3.05) is 6.61 Å². The maximum absolute atomic E-state index is 12.7.